The summed E-state index contributed by atoms with van der Waals surface area (Å²) < 4.78 is 11.4. The number of ether oxygens (including phenoxy) is 2. The van der Waals surface area contributed by atoms with E-state index in [-0.39, 0.29) is 5.91 Å². The minimum Gasteiger partial charge on any atom is -0.493 e. The molecule has 0 saturated carbocycles. The van der Waals surface area contributed by atoms with Crippen molar-refractivity contribution < 1.29 is 14.3 Å². The quantitative estimate of drug-likeness (QED) is 0.483. The molecule has 1 saturated heterocycles. The first-order chi connectivity index (χ1) is 17.0. The van der Waals surface area contributed by atoms with Gasteiger partial charge >= 0.3 is 0 Å². The van der Waals surface area contributed by atoms with E-state index in [4.69, 9.17) is 32.7 Å². The van der Waals surface area contributed by atoms with Gasteiger partial charge < -0.3 is 19.7 Å². The Hall–Kier alpha value is -2.70. The molecule has 2 aliphatic rings. The normalized spacial score (nSPS) is 16.1. The molecule has 4 rings (SSSR count). The predicted molar refractivity (Wildman–Crippen MR) is 141 cm³/mol. The highest BCUT2D eigenvalue weighted by atomic mass is 35.5. The fraction of sp³-hybridized carbons (Fsp3) is 0.407. The summed E-state index contributed by atoms with van der Waals surface area (Å²) in [6, 6.07) is 10.7. The number of carbonyl (C=O) groups excluding carboxylic acids is 1. The zero-order valence-corrected chi connectivity index (χ0v) is 21.4. The Balaban J connectivity index is 1.28. The molecular formula is C27H31Cl2N3O3. The average molecular weight is 516 g/mol. The summed E-state index contributed by atoms with van der Waals surface area (Å²) in [5.74, 6) is 1.49. The standard InChI is InChI=1S/C27H31Cl2N3O3/c1-34-25-3-2-21(16-26(25)35-13-8-20-14-22(28)17-23(29)15-20)27(33)31-18-19-6-11-32(12-7-19)24-4-9-30-10-5-24/h2-4,9,14-17,19H,5-8,10-13,18H2,1H3,(H,31,33). The minimum absolute atomic E-state index is 0.104. The summed E-state index contributed by atoms with van der Waals surface area (Å²) in [5, 5.41) is 4.29. The lowest BCUT2D eigenvalue weighted by atomic mass is 9.95. The maximum Gasteiger partial charge on any atom is 0.251 e. The molecule has 186 valence electrons. The number of carbonyl (C=O) groups is 1. The summed E-state index contributed by atoms with van der Waals surface area (Å²) in [6.07, 6.45) is 7.82. The highest BCUT2D eigenvalue weighted by molar-refractivity contribution is 6.34. The second kappa shape index (κ2) is 12.3. The number of nitrogens with zero attached hydrogens (tertiary/aromatic N) is 2. The smallest absolute Gasteiger partial charge is 0.251 e. The fourth-order valence-corrected chi connectivity index (χ4v) is 5.04. The van der Waals surface area contributed by atoms with Gasteiger partial charge in [0.1, 0.15) is 0 Å². The van der Waals surface area contributed by atoms with E-state index < -0.39 is 0 Å². The van der Waals surface area contributed by atoms with E-state index in [0.29, 0.717) is 52.6 Å². The summed E-state index contributed by atoms with van der Waals surface area (Å²) in [7, 11) is 1.58. The molecule has 2 heterocycles. The number of benzene rings is 2. The van der Waals surface area contributed by atoms with Crippen molar-refractivity contribution in [2.24, 2.45) is 10.9 Å². The first-order valence-corrected chi connectivity index (χ1v) is 12.8. The molecule has 0 radical (unpaired) electrons. The number of piperidine rings is 1. The van der Waals surface area contributed by atoms with Crippen LogP contribution in [0.15, 0.2) is 53.2 Å². The van der Waals surface area contributed by atoms with Gasteiger partial charge in [0.15, 0.2) is 11.5 Å². The SMILES string of the molecule is COc1ccc(C(=O)NCC2CCN(C3=CC=NCC3)CC2)cc1OCCc1cc(Cl)cc(Cl)c1. The Labute approximate surface area is 216 Å². The van der Waals surface area contributed by atoms with E-state index in [9.17, 15) is 4.79 Å². The van der Waals surface area contributed by atoms with Gasteiger partial charge in [0.25, 0.3) is 5.91 Å². The number of hydrogen-bond donors (Lipinski definition) is 1. The number of nitrogens with one attached hydrogen (secondary N) is 1. The highest BCUT2D eigenvalue weighted by Gasteiger charge is 2.22. The van der Waals surface area contributed by atoms with Crippen molar-refractivity contribution in [1.82, 2.24) is 10.2 Å². The van der Waals surface area contributed by atoms with Crippen LogP contribution in [-0.4, -0.2) is 56.9 Å². The van der Waals surface area contributed by atoms with Crippen molar-refractivity contribution in [3.63, 3.8) is 0 Å². The molecule has 0 unspecified atom stereocenters. The summed E-state index contributed by atoms with van der Waals surface area (Å²) in [6.45, 7) is 4.01. The molecule has 0 atom stereocenters. The number of halogens is 2. The van der Waals surface area contributed by atoms with Crippen LogP contribution in [0.2, 0.25) is 10.0 Å². The highest BCUT2D eigenvalue weighted by Crippen LogP contribution is 2.29. The van der Waals surface area contributed by atoms with Gasteiger partial charge in [0.05, 0.1) is 13.7 Å². The maximum absolute atomic E-state index is 12.9. The zero-order chi connectivity index (χ0) is 24.6. The molecular weight excluding hydrogens is 485 g/mol. The van der Waals surface area contributed by atoms with E-state index in [2.05, 4.69) is 21.3 Å². The number of aliphatic imine (C=N–C) groups is 1. The van der Waals surface area contributed by atoms with Gasteiger partial charge in [-0.2, -0.15) is 0 Å². The number of allylic oxidation sites excluding steroid dienone is 1. The summed E-state index contributed by atoms with van der Waals surface area (Å²) >= 11 is 12.2. The topological polar surface area (TPSA) is 63.2 Å². The van der Waals surface area contributed by atoms with Crippen molar-refractivity contribution in [2.45, 2.75) is 25.7 Å². The van der Waals surface area contributed by atoms with Crippen LogP contribution in [-0.2, 0) is 6.42 Å². The van der Waals surface area contributed by atoms with Crippen LogP contribution >= 0.6 is 23.2 Å². The summed E-state index contributed by atoms with van der Waals surface area (Å²) in [4.78, 5) is 19.6. The number of rotatable bonds is 9. The molecule has 6 nitrogen and oxygen atoms in total. The van der Waals surface area contributed by atoms with E-state index in [1.54, 1.807) is 31.4 Å². The molecule has 2 aromatic rings. The molecule has 2 aromatic carbocycles. The second-order valence-corrected chi connectivity index (χ2v) is 9.72. The van der Waals surface area contributed by atoms with Gasteiger partial charge in [0, 0.05) is 66.5 Å². The van der Waals surface area contributed by atoms with Crippen molar-refractivity contribution in [2.75, 3.05) is 39.9 Å². The molecule has 0 aromatic heterocycles. The van der Waals surface area contributed by atoms with Crippen molar-refractivity contribution in [1.29, 1.82) is 0 Å². The van der Waals surface area contributed by atoms with Crippen LogP contribution in [0.5, 0.6) is 11.5 Å². The Kier molecular flexibility index (Phi) is 8.94. The van der Waals surface area contributed by atoms with Crippen molar-refractivity contribution in [3.05, 3.63) is 69.3 Å². The van der Waals surface area contributed by atoms with E-state index >= 15 is 0 Å². The predicted octanol–water partition coefficient (Wildman–Crippen LogP) is 5.42. The van der Waals surface area contributed by atoms with Gasteiger partial charge in [-0.15, -0.1) is 0 Å². The third-order valence-corrected chi connectivity index (χ3v) is 6.87. The van der Waals surface area contributed by atoms with Gasteiger partial charge in [-0.1, -0.05) is 23.2 Å². The first-order valence-electron chi connectivity index (χ1n) is 12.0. The fourth-order valence-electron chi connectivity index (χ4n) is 4.47. The Bertz CT molecular complexity index is 1070. The van der Waals surface area contributed by atoms with Crippen molar-refractivity contribution >= 4 is 35.3 Å². The molecule has 1 amide bonds. The van der Waals surface area contributed by atoms with Crippen molar-refractivity contribution in [3.8, 4) is 11.5 Å². The Morgan fingerprint density at radius 1 is 1.11 bits per heavy atom. The molecule has 8 heteroatoms. The Morgan fingerprint density at radius 3 is 2.57 bits per heavy atom. The van der Waals surface area contributed by atoms with Gasteiger partial charge in [0.2, 0.25) is 0 Å². The van der Waals surface area contributed by atoms with Gasteiger partial charge in [-0.05, 0) is 66.8 Å². The molecule has 35 heavy (non-hydrogen) atoms. The van der Waals surface area contributed by atoms with Crippen LogP contribution < -0.4 is 14.8 Å². The molecule has 2 aliphatic heterocycles. The van der Waals surface area contributed by atoms with Crippen LogP contribution in [0.1, 0.15) is 35.2 Å². The number of dihydropyridines is 1. The van der Waals surface area contributed by atoms with Gasteiger partial charge in [-0.3, -0.25) is 9.79 Å². The van der Waals surface area contributed by atoms with Crippen LogP contribution in [0.4, 0.5) is 0 Å². The number of hydrogen-bond acceptors (Lipinski definition) is 5. The number of likely N-dealkylation sites (tertiary alicyclic amines) is 1. The third-order valence-electron chi connectivity index (χ3n) is 6.44. The van der Waals surface area contributed by atoms with Crippen LogP contribution in [0.25, 0.3) is 0 Å². The maximum atomic E-state index is 12.9. The van der Waals surface area contributed by atoms with E-state index in [1.807, 2.05) is 18.3 Å². The monoisotopic (exact) mass is 515 g/mol. The van der Waals surface area contributed by atoms with E-state index in [0.717, 1.165) is 44.5 Å². The van der Waals surface area contributed by atoms with E-state index in [1.165, 1.54) is 5.70 Å². The van der Waals surface area contributed by atoms with Crippen LogP contribution in [0.3, 0.4) is 0 Å². The number of methoxy groups -OCH3 is 1. The zero-order valence-electron chi connectivity index (χ0n) is 19.9. The first kappa shape index (κ1) is 25.4. The van der Waals surface area contributed by atoms with Crippen LogP contribution in [0, 0.1) is 5.92 Å². The molecule has 1 N–H and O–H groups in total. The molecule has 0 aliphatic carbocycles. The average Bonchev–Trinajstić information content (AvgIpc) is 2.87. The van der Waals surface area contributed by atoms with Gasteiger partial charge in [-0.25, -0.2) is 0 Å². The number of amides is 1. The third kappa shape index (κ3) is 7.15. The largest absolute Gasteiger partial charge is 0.493 e. The molecule has 1 fully saturated rings. The second-order valence-electron chi connectivity index (χ2n) is 8.85. The lowest BCUT2D eigenvalue weighted by molar-refractivity contribution is 0.0938. The minimum atomic E-state index is -0.104. The molecule has 0 spiro atoms. The Morgan fingerprint density at radius 2 is 1.89 bits per heavy atom. The molecule has 0 bridgehead atoms. The lowest BCUT2D eigenvalue weighted by Gasteiger charge is -2.35. The summed E-state index contributed by atoms with van der Waals surface area (Å²) in [5.41, 5.74) is 2.91. The lowest BCUT2D eigenvalue weighted by Crippen LogP contribution is -2.38.